The molecule has 4 rings (SSSR count). The quantitative estimate of drug-likeness (QED) is 0.430. The van der Waals surface area contributed by atoms with E-state index in [0.29, 0.717) is 18.5 Å². The Labute approximate surface area is 188 Å². The molecule has 166 valence electrons. The van der Waals surface area contributed by atoms with Crippen molar-refractivity contribution in [1.82, 2.24) is 9.80 Å². The molecule has 2 aliphatic rings. The molecule has 2 heterocycles. The van der Waals surface area contributed by atoms with Crippen LogP contribution >= 0.6 is 0 Å². The Kier molecular flexibility index (Phi) is 6.15. The maximum absolute atomic E-state index is 13.1. The van der Waals surface area contributed by atoms with E-state index < -0.39 is 17.7 Å². The average molecular weight is 433 g/mol. The van der Waals surface area contributed by atoms with Gasteiger partial charge in [0.05, 0.1) is 11.6 Å². The summed E-state index contributed by atoms with van der Waals surface area (Å²) in [6, 6.07) is 15.9. The number of carbonyl (C=O) groups excluding carboxylic acids is 2. The van der Waals surface area contributed by atoms with Gasteiger partial charge in [-0.3, -0.25) is 9.59 Å². The van der Waals surface area contributed by atoms with Gasteiger partial charge in [0.1, 0.15) is 17.6 Å². The van der Waals surface area contributed by atoms with Crippen LogP contribution in [0.2, 0.25) is 0 Å². The summed E-state index contributed by atoms with van der Waals surface area (Å²) in [6.07, 6.45) is 2.33. The third kappa shape index (κ3) is 4.06. The van der Waals surface area contributed by atoms with Crippen molar-refractivity contribution >= 4 is 23.5 Å². The van der Waals surface area contributed by atoms with Gasteiger partial charge in [0.25, 0.3) is 11.7 Å². The van der Waals surface area contributed by atoms with Gasteiger partial charge in [0.15, 0.2) is 0 Å². The van der Waals surface area contributed by atoms with Crippen LogP contribution in [0.25, 0.3) is 11.8 Å². The molecule has 1 saturated heterocycles. The Morgan fingerprint density at radius 1 is 1.06 bits per heavy atom. The third-order valence-corrected chi connectivity index (χ3v) is 5.92. The zero-order chi connectivity index (χ0) is 22.8. The number of rotatable bonds is 6. The van der Waals surface area contributed by atoms with Gasteiger partial charge in [-0.2, -0.15) is 0 Å². The Morgan fingerprint density at radius 2 is 1.75 bits per heavy atom. The summed E-state index contributed by atoms with van der Waals surface area (Å²) in [4.78, 5) is 29.8. The minimum atomic E-state index is -0.680. The minimum Gasteiger partial charge on any atom is -0.507 e. The number of nitrogens with zero attached hydrogens (tertiary/aromatic N) is 2. The zero-order valence-corrected chi connectivity index (χ0v) is 18.6. The molecule has 0 saturated carbocycles. The summed E-state index contributed by atoms with van der Waals surface area (Å²) in [7, 11) is 3.94. The lowest BCUT2D eigenvalue weighted by atomic mass is 9.89. The maximum Gasteiger partial charge on any atom is 0.295 e. The van der Waals surface area contributed by atoms with Gasteiger partial charge >= 0.3 is 0 Å². The Balaban J connectivity index is 1.83. The Hall–Kier alpha value is -3.38. The summed E-state index contributed by atoms with van der Waals surface area (Å²) in [6.45, 7) is 3.09. The van der Waals surface area contributed by atoms with E-state index in [9.17, 15) is 14.7 Å². The van der Waals surface area contributed by atoms with Crippen LogP contribution < -0.4 is 4.74 Å². The molecule has 2 aromatic rings. The molecule has 0 bridgehead atoms. The molecular formula is C26H28N2O4. The van der Waals surface area contributed by atoms with Crippen molar-refractivity contribution in [3.8, 4) is 5.75 Å². The fourth-order valence-electron chi connectivity index (χ4n) is 4.33. The van der Waals surface area contributed by atoms with Gasteiger partial charge in [-0.1, -0.05) is 48.5 Å². The topological polar surface area (TPSA) is 70.1 Å². The smallest absolute Gasteiger partial charge is 0.295 e. The number of ether oxygens (including phenoxy) is 1. The van der Waals surface area contributed by atoms with E-state index in [1.165, 1.54) is 0 Å². The van der Waals surface area contributed by atoms with E-state index in [0.717, 1.165) is 23.4 Å². The predicted molar refractivity (Wildman–Crippen MR) is 124 cm³/mol. The van der Waals surface area contributed by atoms with Crippen LogP contribution in [0, 0.1) is 0 Å². The standard InChI is InChI=1S/C26H28N2O4/c1-17-20(16-19-12-7-8-13-21(19)32-17)23-22(24(29)18-10-5-4-6-11-18)25(30)26(31)28(23)15-9-14-27(2)3/h4-8,10-13,16-17,23,29H,9,14-15H2,1-3H3/t17-,23+/m1/s1. The van der Waals surface area contributed by atoms with E-state index in [4.69, 9.17) is 4.74 Å². The first-order chi connectivity index (χ1) is 15.4. The lowest BCUT2D eigenvalue weighted by Crippen LogP contribution is -2.41. The fourth-order valence-corrected chi connectivity index (χ4v) is 4.33. The van der Waals surface area contributed by atoms with E-state index in [1.54, 1.807) is 29.2 Å². The SMILES string of the molecule is C[C@H]1Oc2ccccc2C=C1[C@H]1C(=C(O)c2ccccc2)C(=O)C(=O)N1CCCN(C)C. The molecule has 0 aliphatic carbocycles. The highest BCUT2D eigenvalue weighted by Crippen LogP contribution is 2.39. The zero-order valence-electron chi connectivity index (χ0n) is 18.6. The van der Waals surface area contributed by atoms with E-state index in [-0.39, 0.29) is 17.4 Å². The van der Waals surface area contributed by atoms with Crippen molar-refractivity contribution in [3.05, 3.63) is 76.9 Å². The molecule has 0 unspecified atom stereocenters. The molecular weight excluding hydrogens is 404 g/mol. The molecule has 2 atom stereocenters. The van der Waals surface area contributed by atoms with Crippen molar-refractivity contribution in [1.29, 1.82) is 0 Å². The van der Waals surface area contributed by atoms with E-state index >= 15 is 0 Å². The summed E-state index contributed by atoms with van der Waals surface area (Å²) >= 11 is 0. The van der Waals surface area contributed by atoms with E-state index in [1.807, 2.05) is 62.3 Å². The van der Waals surface area contributed by atoms with Gasteiger partial charge in [0.2, 0.25) is 0 Å². The van der Waals surface area contributed by atoms with Gasteiger partial charge < -0.3 is 19.6 Å². The predicted octanol–water partition coefficient (Wildman–Crippen LogP) is 3.55. The van der Waals surface area contributed by atoms with E-state index in [2.05, 4.69) is 0 Å². The second-order valence-corrected chi connectivity index (χ2v) is 8.46. The Morgan fingerprint density at radius 3 is 2.47 bits per heavy atom. The van der Waals surface area contributed by atoms with Crippen LogP contribution in [0.15, 0.2) is 65.7 Å². The molecule has 0 radical (unpaired) electrons. The number of carbonyl (C=O) groups is 2. The van der Waals surface area contributed by atoms with Crippen LogP contribution in [0.3, 0.4) is 0 Å². The lowest BCUT2D eigenvalue weighted by molar-refractivity contribution is -0.139. The monoisotopic (exact) mass is 432 g/mol. The van der Waals surface area contributed by atoms with Crippen molar-refractivity contribution in [3.63, 3.8) is 0 Å². The Bertz CT molecular complexity index is 1090. The first-order valence-corrected chi connectivity index (χ1v) is 10.8. The second kappa shape index (κ2) is 9.01. The molecule has 1 amide bonds. The second-order valence-electron chi connectivity index (χ2n) is 8.46. The van der Waals surface area contributed by atoms with Crippen molar-refractivity contribution < 1.29 is 19.4 Å². The first-order valence-electron chi connectivity index (χ1n) is 10.8. The van der Waals surface area contributed by atoms with Gasteiger partial charge in [0, 0.05) is 17.7 Å². The summed E-state index contributed by atoms with van der Waals surface area (Å²) in [5, 5.41) is 11.1. The van der Waals surface area contributed by atoms with Gasteiger partial charge in [-0.05, 0) is 51.7 Å². The molecule has 1 fully saturated rings. The number of Topliss-reactive ketones (excluding diaryl/α,β-unsaturated/α-hetero) is 1. The van der Waals surface area contributed by atoms with Crippen molar-refractivity contribution in [2.75, 3.05) is 27.2 Å². The fraction of sp³-hybridized carbons (Fsp3) is 0.308. The van der Waals surface area contributed by atoms with Crippen LogP contribution in [0.5, 0.6) is 5.75 Å². The number of hydrogen-bond acceptors (Lipinski definition) is 5. The largest absolute Gasteiger partial charge is 0.507 e. The molecule has 1 N–H and O–H groups in total. The number of aliphatic hydroxyl groups excluding tert-OH is 1. The van der Waals surface area contributed by atoms with Crippen molar-refractivity contribution in [2.45, 2.75) is 25.5 Å². The number of amides is 1. The molecule has 2 aromatic carbocycles. The highest BCUT2D eigenvalue weighted by Gasteiger charge is 2.48. The van der Waals surface area contributed by atoms with Crippen LogP contribution in [0.4, 0.5) is 0 Å². The molecule has 6 heteroatoms. The molecule has 0 aromatic heterocycles. The first kappa shape index (κ1) is 21.8. The average Bonchev–Trinajstić information content (AvgIpc) is 3.03. The maximum atomic E-state index is 13.1. The summed E-state index contributed by atoms with van der Waals surface area (Å²) < 4.78 is 6.12. The third-order valence-electron chi connectivity index (χ3n) is 5.92. The number of likely N-dealkylation sites (tertiary alicyclic amines) is 1. The summed E-state index contributed by atoms with van der Waals surface area (Å²) in [5.41, 5.74) is 2.30. The van der Waals surface area contributed by atoms with Crippen molar-refractivity contribution in [2.24, 2.45) is 0 Å². The van der Waals surface area contributed by atoms with Crippen LogP contribution in [-0.2, 0) is 9.59 Å². The van der Waals surface area contributed by atoms with Crippen LogP contribution in [0.1, 0.15) is 24.5 Å². The number of fused-ring (bicyclic) bond motifs is 1. The van der Waals surface area contributed by atoms with Gasteiger partial charge in [-0.15, -0.1) is 0 Å². The number of ketones is 1. The number of aliphatic hydroxyl groups is 1. The lowest BCUT2D eigenvalue weighted by Gasteiger charge is -2.33. The highest BCUT2D eigenvalue weighted by atomic mass is 16.5. The van der Waals surface area contributed by atoms with Gasteiger partial charge in [-0.25, -0.2) is 0 Å². The number of para-hydroxylation sites is 1. The normalized spacial score (nSPS) is 22.0. The van der Waals surface area contributed by atoms with Crippen LogP contribution in [-0.4, -0.2) is 65.9 Å². The highest BCUT2D eigenvalue weighted by molar-refractivity contribution is 6.47. The number of hydrogen-bond donors (Lipinski definition) is 1. The number of benzene rings is 2. The molecule has 6 nitrogen and oxygen atoms in total. The molecule has 0 spiro atoms. The summed E-state index contributed by atoms with van der Waals surface area (Å²) in [5.74, 6) is -0.640. The minimum absolute atomic E-state index is 0.118. The molecule has 2 aliphatic heterocycles. The molecule has 32 heavy (non-hydrogen) atoms.